The second-order valence-corrected chi connectivity index (χ2v) is 5.92. The molecule has 116 valence electrons. The van der Waals surface area contributed by atoms with Crippen molar-refractivity contribution >= 4 is 10.8 Å². The van der Waals surface area contributed by atoms with Crippen LogP contribution >= 0.6 is 0 Å². The van der Waals surface area contributed by atoms with E-state index in [0.29, 0.717) is 0 Å². The van der Waals surface area contributed by atoms with Gasteiger partial charge in [-0.05, 0) is 51.6 Å². The summed E-state index contributed by atoms with van der Waals surface area (Å²) in [6.45, 7) is 0. The lowest BCUT2D eigenvalue weighted by Gasteiger charge is -2.05. The van der Waals surface area contributed by atoms with Gasteiger partial charge in [0.15, 0.2) is 0 Å². The van der Waals surface area contributed by atoms with Crippen molar-refractivity contribution in [2.24, 2.45) is 0 Å². The van der Waals surface area contributed by atoms with Crippen LogP contribution in [0.4, 0.5) is 0 Å². The second kappa shape index (κ2) is 6.59. The highest BCUT2D eigenvalue weighted by molar-refractivity contribution is 5.95. The van der Waals surface area contributed by atoms with E-state index < -0.39 is 0 Å². The van der Waals surface area contributed by atoms with Crippen molar-refractivity contribution in [1.82, 2.24) is 5.32 Å². The molecular formula is C23H19N. The van der Waals surface area contributed by atoms with Crippen LogP contribution in [0.25, 0.3) is 21.9 Å². The lowest BCUT2D eigenvalue weighted by molar-refractivity contribution is 1.20. The first kappa shape index (κ1) is 14.5. The van der Waals surface area contributed by atoms with Gasteiger partial charge in [0.1, 0.15) is 0 Å². The maximum Gasteiger partial charge on any atom is 0.000442 e. The van der Waals surface area contributed by atoms with E-state index >= 15 is 0 Å². The molecule has 3 aromatic rings. The number of hydrogen-bond acceptors (Lipinski definition) is 1. The highest BCUT2D eigenvalue weighted by atomic mass is 14.8. The Morgan fingerprint density at radius 2 is 1.38 bits per heavy atom. The molecule has 0 saturated heterocycles. The van der Waals surface area contributed by atoms with Gasteiger partial charge in [0.2, 0.25) is 0 Å². The van der Waals surface area contributed by atoms with Gasteiger partial charge in [-0.1, -0.05) is 72.8 Å². The largest absolute Gasteiger partial charge is 0.368 e. The molecule has 0 fully saturated rings. The smallest absolute Gasteiger partial charge is 0.000442 e. The zero-order valence-electron chi connectivity index (χ0n) is 13.4. The molecule has 1 heteroatoms. The second-order valence-electron chi connectivity index (χ2n) is 5.92. The van der Waals surface area contributed by atoms with Gasteiger partial charge in [-0.2, -0.15) is 0 Å². The number of rotatable bonds is 0. The monoisotopic (exact) mass is 309 g/mol. The molecule has 0 saturated carbocycles. The van der Waals surface area contributed by atoms with Gasteiger partial charge in [-0.3, -0.25) is 0 Å². The first-order valence-corrected chi connectivity index (χ1v) is 8.27. The van der Waals surface area contributed by atoms with Gasteiger partial charge in [-0.15, -0.1) is 0 Å². The molecule has 0 radical (unpaired) electrons. The topological polar surface area (TPSA) is 12.0 Å². The first-order valence-electron chi connectivity index (χ1n) is 8.27. The predicted octanol–water partition coefficient (Wildman–Crippen LogP) is 5.58. The third-order valence-corrected chi connectivity index (χ3v) is 4.43. The standard InChI is InChI=1S/C17H12.C6H7N/c1-3-7-14-12(5-1)9-10-16-15-8-4-2-6-13(15)11-17(14)16;1-2-4-6-7-5-3-1/h1-10H,11H2;1-7H. The van der Waals surface area contributed by atoms with E-state index in [4.69, 9.17) is 0 Å². The highest BCUT2D eigenvalue weighted by Gasteiger charge is 2.19. The van der Waals surface area contributed by atoms with Crippen LogP contribution in [0, 0.1) is 0 Å². The minimum absolute atomic E-state index is 1.08. The molecule has 0 bridgehead atoms. The molecule has 0 amide bonds. The van der Waals surface area contributed by atoms with Gasteiger partial charge in [0.05, 0.1) is 0 Å². The fourth-order valence-electron chi connectivity index (χ4n) is 3.31. The Bertz CT molecular complexity index is 947. The van der Waals surface area contributed by atoms with Gasteiger partial charge in [0, 0.05) is 12.4 Å². The minimum Gasteiger partial charge on any atom is -0.368 e. The Labute approximate surface area is 142 Å². The molecule has 24 heavy (non-hydrogen) atoms. The number of allylic oxidation sites excluding steroid dienone is 4. The molecule has 0 aromatic heterocycles. The molecule has 5 rings (SSSR count). The van der Waals surface area contributed by atoms with E-state index in [0.717, 1.165) is 6.42 Å². The van der Waals surface area contributed by atoms with Crippen LogP contribution < -0.4 is 5.32 Å². The number of nitrogens with one attached hydrogen (secondary N) is 1. The molecule has 1 nitrogen and oxygen atoms in total. The Kier molecular flexibility index (Phi) is 3.99. The Balaban J connectivity index is 0.000000177. The van der Waals surface area contributed by atoms with Crippen LogP contribution in [0.5, 0.6) is 0 Å². The molecule has 0 atom stereocenters. The van der Waals surface area contributed by atoms with Crippen LogP contribution in [0.1, 0.15) is 11.1 Å². The Morgan fingerprint density at radius 3 is 2.25 bits per heavy atom. The summed E-state index contributed by atoms with van der Waals surface area (Å²) in [4.78, 5) is 0. The van der Waals surface area contributed by atoms with Gasteiger partial charge in [-0.25, -0.2) is 0 Å². The quantitative estimate of drug-likeness (QED) is 0.447. The minimum atomic E-state index is 1.08. The van der Waals surface area contributed by atoms with Crippen LogP contribution in [0.15, 0.2) is 97.4 Å². The predicted molar refractivity (Wildman–Crippen MR) is 103 cm³/mol. The maximum atomic E-state index is 2.92. The summed E-state index contributed by atoms with van der Waals surface area (Å²) in [7, 11) is 0. The molecule has 3 aromatic carbocycles. The van der Waals surface area contributed by atoms with E-state index in [9.17, 15) is 0 Å². The van der Waals surface area contributed by atoms with Gasteiger partial charge in [0.25, 0.3) is 0 Å². The van der Waals surface area contributed by atoms with Crippen molar-refractivity contribution in [3.63, 3.8) is 0 Å². The zero-order valence-corrected chi connectivity index (χ0v) is 13.4. The summed E-state index contributed by atoms with van der Waals surface area (Å²) in [5, 5.41) is 5.67. The average Bonchev–Trinajstić information content (AvgIpc) is 2.81. The molecule has 2 aliphatic rings. The summed E-state index contributed by atoms with van der Waals surface area (Å²) in [6, 6.07) is 21.9. The zero-order chi connectivity index (χ0) is 16.2. The Hall–Kier alpha value is -3.06. The molecular weight excluding hydrogens is 290 g/mol. The first-order chi connectivity index (χ1) is 11.9. The van der Waals surface area contributed by atoms with E-state index in [1.165, 1.54) is 33.0 Å². The van der Waals surface area contributed by atoms with E-state index in [1.807, 2.05) is 36.7 Å². The summed E-state index contributed by atoms with van der Waals surface area (Å²) in [5.74, 6) is 0. The van der Waals surface area contributed by atoms with Crippen molar-refractivity contribution < 1.29 is 0 Å². The van der Waals surface area contributed by atoms with E-state index in [2.05, 4.69) is 66.0 Å². The summed E-state index contributed by atoms with van der Waals surface area (Å²) >= 11 is 0. The SMILES string of the molecule is C1=CC=CNC=C1.c1ccc2c(c1)Cc1c-2ccc2ccccc12. The van der Waals surface area contributed by atoms with Crippen molar-refractivity contribution in [2.75, 3.05) is 0 Å². The van der Waals surface area contributed by atoms with Gasteiger partial charge < -0.3 is 5.32 Å². The van der Waals surface area contributed by atoms with Crippen LogP contribution in [-0.4, -0.2) is 0 Å². The van der Waals surface area contributed by atoms with Crippen molar-refractivity contribution in [3.05, 3.63) is 108 Å². The Morgan fingerprint density at radius 1 is 0.625 bits per heavy atom. The molecule has 1 aliphatic carbocycles. The molecule has 0 unspecified atom stereocenters. The number of benzene rings is 3. The number of fused-ring (bicyclic) bond motifs is 5. The van der Waals surface area contributed by atoms with Crippen molar-refractivity contribution in [2.45, 2.75) is 6.42 Å². The average molecular weight is 309 g/mol. The lowest BCUT2D eigenvalue weighted by atomic mass is 9.99. The van der Waals surface area contributed by atoms with Crippen LogP contribution in [0.2, 0.25) is 0 Å². The molecule has 0 spiro atoms. The molecule has 1 heterocycles. The lowest BCUT2D eigenvalue weighted by Crippen LogP contribution is -1.87. The summed E-state index contributed by atoms with van der Waals surface area (Å²) in [6.07, 6.45) is 12.7. The normalized spacial score (nSPS) is 13.5. The third kappa shape index (κ3) is 2.77. The maximum absolute atomic E-state index is 2.92. The molecule has 1 N–H and O–H groups in total. The fraction of sp³-hybridized carbons (Fsp3) is 0.0435. The summed E-state index contributed by atoms with van der Waals surface area (Å²) in [5.41, 5.74) is 5.77. The summed E-state index contributed by atoms with van der Waals surface area (Å²) < 4.78 is 0. The van der Waals surface area contributed by atoms with Crippen molar-refractivity contribution in [3.8, 4) is 11.1 Å². The van der Waals surface area contributed by atoms with Crippen molar-refractivity contribution in [1.29, 1.82) is 0 Å². The fourth-order valence-corrected chi connectivity index (χ4v) is 3.31. The van der Waals surface area contributed by atoms with Crippen LogP contribution in [-0.2, 0) is 6.42 Å². The van der Waals surface area contributed by atoms with Crippen LogP contribution in [0.3, 0.4) is 0 Å². The van der Waals surface area contributed by atoms with E-state index in [1.54, 1.807) is 0 Å². The highest BCUT2D eigenvalue weighted by Crippen LogP contribution is 2.39. The number of hydrogen-bond donors (Lipinski definition) is 1. The third-order valence-electron chi connectivity index (χ3n) is 4.43. The van der Waals surface area contributed by atoms with E-state index in [-0.39, 0.29) is 0 Å². The molecule has 1 aliphatic heterocycles. The van der Waals surface area contributed by atoms with Gasteiger partial charge >= 0.3 is 0 Å².